The molecule has 0 bridgehead atoms. The van der Waals surface area contributed by atoms with E-state index in [1.807, 2.05) is 0 Å². The van der Waals surface area contributed by atoms with Crippen LogP contribution >= 0.6 is 0 Å². The van der Waals surface area contributed by atoms with Crippen molar-refractivity contribution in [1.82, 2.24) is 0 Å². The fraction of sp³-hybridized carbons (Fsp3) is 0.412. The van der Waals surface area contributed by atoms with Crippen molar-refractivity contribution in [3.05, 3.63) is 176 Å². The predicted octanol–water partition coefficient (Wildman–Crippen LogP) is 18.6. The van der Waals surface area contributed by atoms with Gasteiger partial charge in [-0.25, -0.2) is 0 Å². The van der Waals surface area contributed by atoms with Gasteiger partial charge < -0.3 is 0 Å². The van der Waals surface area contributed by atoms with Crippen LogP contribution in [0.4, 0.5) is 0 Å². The minimum atomic E-state index is -2.26. The van der Waals surface area contributed by atoms with Gasteiger partial charge in [-0.15, -0.1) is 0 Å². The molecule has 1 fully saturated rings. The summed E-state index contributed by atoms with van der Waals surface area (Å²) in [4.78, 5) is 5.78. The van der Waals surface area contributed by atoms with E-state index in [2.05, 4.69) is 242 Å². The van der Waals surface area contributed by atoms with Crippen LogP contribution in [0.2, 0.25) is 9.50 Å². The third kappa shape index (κ3) is 8.75. The molecule has 2 aliphatic heterocycles. The van der Waals surface area contributed by atoms with E-state index in [0.717, 1.165) is 0 Å². The molecule has 70 heavy (non-hydrogen) atoms. The topological polar surface area (TPSA) is 0 Å². The molecule has 1 aliphatic carbocycles. The quantitative estimate of drug-likeness (QED) is 0.0954. The molecule has 0 nitrogen and oxygen atoms in total. The number of benzene rings is 6. The molecule has 2 heteroatoms. The summed E-state index contributed by atoms with van der Waals surface area (Å²) in [5.74, 6) is 4.62. The van der Waals surface area contributed by atoms with Crippen LogP contribution in [-0.2, 0) is 0 Å². The van der Waals surface area contributed by atoms with Crippen molar-refractivity contribution in [2.75, 3.05) is 0 Å². The Morgan fingerprint density at radius 2 is 0.457 bits per heavy atom. The van der Waals surface area contributed by atoms with Crippen molar-refractivity contribution in [3.63, 3.8) is 0 Å². The summed E-state index contributed by atoms with van der Waals surface area (Å²) >= 11 is -4.51. The second-order valence-electron chi connectivity index (χ2n) is 23.8. The van der Waals surface area contributed by atoms with E-state index in [-0.39, 0.29) is 0 Å². The minimum absolute atomic E-state index is 0.422. The zero-order valence-electron chi connectivity index (χ0n) is 45.6. The van der Waals surface area contributed by atoms with Gasteiger partial charge in [0.05, 0.1) is 0 Å². The molecule has 0 N–H and O–H groups in total. The zero-order chi connectivity index (χ0) is 50.0. The van der Waals surface area contributed by atoms with Gasteiger partial charge in [-0.2, -0.15) is 0 Å². The van der Waals surface area contributed by atoms with E-state index in [9.17, 15) is 0 Å². The van der Waals surface area contributed by atoms with Crippen LogP contribution in [-0.4, -0.2) is 28.7 Å². The van der Waals surface area contributed by atoms with Crippen LogP contribution in [0.3, 0.4) is 0 Å². The molecule has 0 spiro atoms. The van der Waals surface area contributed by atoms with Crippen molar-refractivity contribution >= 4 is 37.5 Å². The summed E-state index contributed by atoms with van der Waals surface area (Å²) in [6, 6.07) is 44.1. The molecular weight excluding hydrogens is 962 g/mol. The van der Waals surface area contributed by atoms with Crippen LogP contribution in [0, 0.1) is 11.8 Å². The second-order valence-corrected chi connectivity index (χ2v) is 33.9. The predicted molar refractivity (Wildman–Crippen MR) is 311 cm³/mol. The summed E-state index contributed by atoms with van der Waals surface area (Å²) in [6.45, 7) is 38.7. The van der Waals surface area contributed by atoms with E-state index >= 15 is 0 Å². The summed E-state index contributed by atoms with van der Waals surface area (Å²) in [5, 5.41) is 0. The number of fused-ring (bicyclic) bond motifs is 4. The van der Waals surface area contributed by atoms with Crippen molar-refractivity contribution in [2.24, 2.45) is 11.8 Å². The van der Waals surface area contributed by atoms with E-state index in [4.69, 9.17) is 0 Å². The summed E-state index contributed by atoms with van der Waals surface area (Å²) in [6.07, 6.45) is 5.54. The fourth-order valence-corrected chi connectivity index (χ4v) is 32.1. The normalized spacial score (nSPS) is 19.1. The van der Waals surface area contributed by atoms with Crippen LogP contribution in [0.1, 0.15) is 203 Å². The van der Waals surface area contributed by atoms with Crippen LogP contribution < -0.4 is 8.79 Å². The third-order valence-corrected chi connectivity index (χ3v) is 31.3. The molecule has 0 aromatic heterocycles. The first kappa shape index (κ1) is 50.8. The van der Waals surface area contributed by atoms with E-state index in [0.29, 0.717) is 68.7 Å². The molecule has 2 heterocycles. The van der Waals surface area contributed by atoms with Gasteiger partial charge in [0.15, 0.2) is 0 Å². The van der Waals surface area contributed by atoms with Crippen molar-refractivity contribution in [2.45, 2.75) is 168 Å². The molecule has 6 aromatic carbocycles. The van der Waals surface area contributed by atoms with Crippen molar-refractivity contribution in [3.8, 4) is 44.5 Å². The van der Waals surface area contributed by atoms with Gasteiger partial charge in [0.2, 0.25) is 0 Å². The molecule has 3 aliphatic rings. The Kier molecular flexibility index (Phi) is 14.8. The van der Waals surface area contributed by atoms with Crippen molar-refractivity contribution in [1.29, 1.82) is 0 Å². The number of hydrogen-bond donors (Lipinski definition) is 0. The monoisotopic (exact) mass is 1050 g/mol. The van der Waals surface area contributed by atoms with E-state index in [1.54, 1.807) is 8.79 Å². The number of hydrogen-bond acceptors (Lipinski definition) is 0. The standard InChI is InChI=1S/C68H82Ge2/c1-39(2)47-23-17-24-48(40(3)4)61(47)57-31-21-32-58(62-49(41(5)6)25-18-26-50(62)42(7)8)65(57)69-37-35-55-56-36-38-70(68(56)67(55)69)66-59(63-51(43(9)10)27-19-28-52(63)44(11)12)33-22-34-60(66)64-53(45(13)14)29-20-30-54(64)46(15)16/h17-46,55-56,67-68H,1-16H3/t55-,56+,67-,68+. The van der Waals surface area contributed by atoms with Gasteiger partial charge >= 0.3 is 437 Å². The molecule has 6 aromatic rings. The van der Waals surface area contributed by atoms with E-state index < -0.39 is 28.7 Å². The summed E-state index contributed by atoms with van der Waals surface area (Å²) in [5.41, 5.74) is 24.2. The fourth-order valence-electron chi connectivity index (χ4n) is 13.3. The summed E-state index contributed by atoms with van der Waals surface area (Å²) in [7, 11) is 0. The van der Waals surface area contributed by atoms with Crippen LogP contribution in [0.15, 0.2) is 131 Å². The van der Waals surface area contributed by atoms with Crippen LogP contribution in [0.5, 0.6) is 0 Å². The first-order valence-electron chi connectivity index (χ1n) is 27.3. The Morgan fingerprint density at radius 1 is 0.271 bits per heavy atom. The maximum atomic E-state index is 2.89. The third-order valence-electron chi connectivity index (χ3n) is 16.7. The number of rotatable bonds is 14. The Hall–Kier alpha value is -4.11. The Morgan fingerprint density at radius 3 is 0.643 bits per heavy atom. The molecule has 0 saturated heterocycles. The Bertz CT molecular complexity index is 2480. The Balaban J connectivity index is 1.34. The maximum absolute atomic E-state index is 2.89. The van der Waals surface area contributed by atoms with Gasteiger partial charge in [0.25, 0.3) is 0 Å². The molecular formula is C68H82Ge2. The van der Waals surface area contributed by atoms with Gasteiger partial charge in [-0.1, -0.05) is 0 Å². The van der Waals surface area contributed by atoms with Gasteiger partial charge in [-0.05, 0) is 0 Å². The first-order valence-corrected chi connectivity index (χ1v) is 34.3. The number of allylic oxidation sites excluding steroid dienone is 2. The van der Waals surface area contributed by atoms with Crippen LogP contribution in [0.25, 0.3) is 44.5 Å². The Labute approximate surface area is 434 Å². The van der Waals surface area contributed by atoms with Gasteiger partial charge in [0, 0.05) is 0 Å². The first-order chi connectivity index (χ1) is 33.4. The van der Waals surface area contributed by atoms with Gasteiger partial charge in [0.1, 0.15) is 0 Å². The summed E-state index contributed by atoms with van der Waals surface area (Å²) < 4.78 is 4.89. The van der Waals surface area contributed by atoms with Gasteiger partial charge in [-0.3, -0.25) is 0 Å². The molecule has 2 radical (unpaired) electrons. The molecule has 362 valence electrons. The second kappa shape index (κ2) is 20.4. The molecule has 1 saturated carbocycles. The average molecular weight is 1040 g/mol. The van der Waals surface area contributed by atoms with Crippen molar-refractivity contribution < 1.29 is 0 Å². The molecule has 9 rings (SSSR count). The van der Waals surface area contributed by atoms with E-state index in [1.165, 1.54) is 89.0 Å². The molecule has 0 unspecified atom stereocenters. The molecule has 0 amide bonds. The molecule has 4 atom stereocenters. The SMILES string of the molecule is CC(C)c1cccc(C(C)C)c1-c1cccc(-c2c(C(C)C)cccc2C(C)C)[c]1[Ge]1[CH]=C[C@@H]2[C@@H]3C=[CH][Ge]([c]4c(-c5c(C(C)C)cccc5C(C)C)cccc4-c4c(C(C)C)cccc4C(C)C)[C@@H]3[C@@H]21. The zero-order valence-corrected chi connectivity index (χ0v) is 49.8. The average Bonchev–Trinajstić information content (AvgIpc) is 3.89.